The predicted octanol–water partition coefficient (Wildman–Crippen LogP) is 1.35. The lowest BCUT2D eigenvalue weighted by Gasteiger charge is -2.21. The highest BCUT2D eigenvalue weighted by molar-refractivity contribution is 5.58. The number of benzene rings is 1. The first kappa shape index (κ1) is 12.1. The summed E-state index contributed by atoms with van der Waals surface area (Å²) in [7, 11) is 0. The van der Waals surface area contributed by atoms with Gasteiger partial charge in [-0.25, -0.2) is 4.68 Å². The third-order valence-electron chi connectivity index (χ3n) is 3.47. The second-order valence-electron chi connectivity index (χ2n) is 4.86. The van der Waals surface area contributed by atoms with Crippen molar-refractivity contribution in [1.82, 2.24) is 20.2 Å². The van der Waals surface area contributed by atoms with E-state index in [1.807, 2.05) is 28.9 Å². The number of hydrogen-bond acceptors (Lipinski definition) is 5. The number of hydrogen-bond donors (Lipinski definition) is 1. The molecule has 0 spiro atoms. The van der Waals surface area contributed by atoms with Crippen LogP contribution in [0.2, 0.25) is 0 Å². The van der Waals surface area contributed by atoms with Gasteiger partial charge in [0.25, 0.3) is 0 Å². The van der Waals surface area contributed by atoms with Crippen LogP contribution in [-0.2, 0) is 11.3 Å². The van der Waals surface area contributed by atoms with Crippen molar-refractivity contribution in [3.63, 3.8) is 0 Å². The number of aromatic nitrogens is 4. The zero-order valence-electron chi connectivity index (χ0n) is 10.7. The monoisotopic (exact) mass is 259 g/mol. The van der Waals surface area contributed by atoms with Gasteiger partial charge in [-0.3, -0.25) is 0 Å². The van der Waals surface area contributed by atoms with E-state index >= 15 is 0 Å². The number of nitrogen functional groups attached to an aromatic ring is 1. The molecule has 0 atom stereocenters. The van der Waals surface area contributed by atoms with Crippen LogP contribution >= 0.6 is 0 Å². The molecule has 2 N–H and O–H groups in total. The molecular weight excluding hydrogens is 242 g/mol. The van der Waals surface area contributed by atoms with E-state index in [0.29, 0.717) is 5.92 Å². The Balaban J connectivity index is 1.79. The lowest BCUT2D eigenvalue weighted by molar-refractivity contribution is 0.0601. The molecule has 1 aromatic heterocycles. The smallest absolute Gasteiger partial charge is 0.182 e. The second kappa shape index (κ2) is 5.36. The molecule has 3 rings (SSSR count). The summed E-state index contributed by atoms with van der Waals surface area (Å²) in [4.78, 5) is 0. The Morgan fingerprint density at radius 1 is 1.21 bits per heavy atom. The molecule has 1 aromatic carbocycles. The molecule has 6 nitrogen and oxygen atoms in total. The molecule has 19 heavy (non-hydrogen) atoms. The lowest BCUT2D eigenvalue weighted by Crippen LogP contribution is -2.21. The lowest BCUT2D eigenvalue weighted by atomic mass is 10.0. The van der Waals surface area contributed by atoms with Crippen molar-refractivity contribution in [2.75, 3.05) is 18.9 Å². The van der Waals surface area contributed by atoms with Crippen molar-refractivity contribution in [1.29, 1.82) is 0 Å². The molecule has 0 radical (unpaired) electrons. The van der Waals surface area contributed by atoms with Gasteiger partial charge >= 0.3 is 0 Å². The van der Waals surface area contributed by atoms with Crippen molar-refractivity contribution < 1.29 is 4.74 Å². The fourth-order valence-corrected chi connectivity index (χ4v) is 2.34. The van der Waals surface area contributed by atoms with E-state index in [0.717, 1.165) is 49.7 Å². The first-order chi connectivity index (χ1) is 9.33. The van der Waals surface area contributed by atoms with E-state index in [1.54, 1.807) is 0 Å². The van der Waals surface area contributed by atoms with Crippen LogP contribution in [0.5, 0.6) is 0 Å². The summed E-state index contributed by atoms with van der Waals surface area (Å²) in [5.74, 6) is 1.39. The van der Waals surface area contributed by atoms with Crippen LogP contribution in [0, 0.1) is 5.92 Å². The Morgan fingerprint density at radius 3 is 2.68 bits per heavy atom. The standard InChI is InChI=1S/C13H17N5O/c14-12-3-1-11(2-4-12)13-15-16-17-18(13)9-10-5-7-19-8-6-10/h1-4,10H,5-9,14H2. The second-order valence-corrected chi connectivity index (χ2v) is 4.86. The van der Waals surface area contributed by atoms with E-state index in [-0.39, 0.29) is 0 Å². The van der Waals surface area contributed by atoms with Gasteiger partial charge in [0.2, 0.25) is 0 Å². The van der Waals surface area contributed by atoms with Crippen molar-refractivity contribution in [2.45, 2.75) is 19.4 Å². The summed E-state index contributed by atoms with van der Waals surface area (Å²) in [6.07, 6.45) is 2.14. The zero-order valence-corrected chi connectivity index (χ0v) is 10.7. The molecule has 100 valence electrons. The maximum atomic E-state index is 5.70. The van der Waals surface area contributed by atoms with Crippen LogP contribution in [0.4, 0.5) is 5.69 Å². The molecule has 2 heterocycles. The van der Waals surface area contributed by atoms with Crippen LogP contribution in [0.25, 0.3) is 11.4 Å². The van der Waals surface area contributed by atoms with Gasteiger partial charge in [-0.05, 0) is 53.5 Å². The molecule has 1 aliphatic heterocycles. The van der Waals surface area contributed by atoms with Gasteiger partial charge in [0.15, 0.2) is 5.82 Å². The Bertz CT molecular complexity index is 530. The summed E-state index contributed by atoms with van der Waals surface area (Å²) < 4.78 is 7.25. The quantitative estimate of drug-likeness (QED) is 0.842. The van der Waals surface area contributed by atoms with E-state index in [9.17, 15) is 0 Å². The largest absolute Gasteiger partial charge is 0.399 e. The number of ether oxygens (including phenoxy) is 1. The molecule has 0 bridgehead atoms. The van der Waals surface area contributed by atoms with Crippen LogP contribution in [0.1, 0.15) is 12.8 Å². The maximum absolute atomic E-state index is 5.70. The highest BCUT2D eigenvalue weighted by Crippen LogP contribution is 2.21. The van der Waals surface area contributed by atoms with Crippen molar-refractivity contribution in [2.24, 2.45) is 5.92 Å². The normalized spacial score (nSPS) is 16.6. The van der Waals surface area contributed by atoms with Crippen molar-refractivity contribution >= 4 is 5.69 Å². The van der Waals surface area contributed by atoms with E-state index in [2.05, 4.69) is 15.5 Å². The van der Waals surface area contributed by atoms with Crippen molar-refractivity contribution in [3.8, 4) is 11.4 Å². The Morgan fingerprint density at radius 2 is 1.95 bits per heavy atom. The number of nitrogens with two attached hydrogens (primary N) is 1. The number of tetrazole rings is 1. The predicted molar refractivity (Wildman–Crippen MR) is 71.2 cm³/mol. The van der Waals surface area contributed by atoms with Gasteiger partial charge in [-0.15, -0.1) is 5.10 Å². The molecule has 1 fully saturated rings. The summed E-state index contributed by atoms with van der Waals surface area (Å²) in [6, 6.07) is 7.62. The first-order valence-corrected chi connectivity index (χ1v) is 6.53. The molecule has 0 unspecified atom stereocenters. The molecule has 6 heteroatoms. The van der Waals surface area contributed by atoms with Gasteiger partial charge in [0.05, 0.1) is 0 Å². The van der Waals surface area contributed by atoms with E-state index < -0.39 is 0 Å². The summed E-state index contributed by atoms with van der Waals surface area (Å²) in [5, 5.41) is 12.0. The molecule has 1 aliphatic rings. The summed E-state index contributed by atoms with van der Waals surface area (Å²) in [5.41, 5.74) is 7.43. The minimum absolute atomic E-state index is 0.588. The third kappa shape index (κ3) is 2.73. The average molecular weight is 259 g/mol. The van der Waals surface area contributed by atoms with E-state index in [1.165, 1.54) is 0 Å². The zero-order chi connectivity index (χ0) is 13.1. The topological polar surface area (TPSA) is 78.9 Å². The number of anilines is 1. The first-order valence-electron chi connectivity index (χ1n) is 6.53. The molecule has 1 saturated heterocycles. The maximum Gasteiger partial charge on any atom is 0.182 e. The van der Waals surface area contributed by atoms with Gasteiger partial charge in [0, 0.05) is 31.0 Å². The van der Waals surface area contributed by atoms with Gasteiger partial charge in [0.1, 0.15) is 0 Å². The molecular formula is C13H17N5O. The molecule has 0 saturated carbocycles. The van der Waals surface area contributed by atoms with Crippen LogP contribution in [-0.4, -0.2) is 33.4 Å². The number of rotatable bonds is 3. The Hall–Kier alpha value is -1.95. The Kier molecular flexibility index (Phi) is 3.41. The van der Waals surface area contributed by atoms with E-state index in [4.69, 9.17) is 10.5 Å². The third-order valence-corrected chi connectivity index (χ3v) is 3.47. The van der Waals surface area contributed by atoms with Gasteiger partial charge in [-0.1, -0.05) is 0 Å². The molecule has 2 aromatic rings. The highest BCUT2D eigenvalue weighted by atomic mass is 16.5. The minimum Gasteiger partial charge on any atom is -0.399 e. The van der Waals surface area contributed by atoms with Crippen LogP contribution in [0.15, 0.2) is 24.3 Å². The fourth-order valence-electron chi connectivity index (χ4n) is 2.34. The summed E-state index contributed by atoms with van der Waals surface area (Å²) in [6.45, 7) is 2.52. The van der Waals surface area contributed by atoms with Crippen molar-refractivity contribution in [3.05, 3.63) is 24.3 Å². The SMILES string of the molecule is Nc1ccc(-c2nnnn2CC2CCOCC2)cc1. The van der Waals surface area contributed by atoms with Crippen LogP contribution in [0.3, 0.4) is 0 Å². The Labute approximate surface area is 111 Å². The van der Waals surface area contributed by atoms with Gasteiger partial charge < -0.3 is 10.5 Å². The fraction of sp³-hybridized carbons (Fsp3) is 0.462. The van der Waals surface area contributed by atoms with Gasteiger partial charge in [-0.2, -0.15) is 0 Å². The number of nitrogens with zero attached hydrogens (tertiary/aromatic N) is 4. The average Bonchev–Trinajstić information content (AvgIpc) is 2.89. The summed E-state index contributed by atoms with van der Waals surface area (Å²) >= 11 is 0. The minimum atomic E-state index is 0.588. The molecule has 0 aliphatic carbocycles. The highest BCUT2D eigenvalue weighted by Gasteiger charge is 2.17. The van der Waals surface area contributed by atoms with Crippen LogP contribution < -0.4 is 5.73 Å². The molecule has 0 amide bonds.